The molecule has 2 fully saturated rings. The van der Waals surface area contributed by atoms with Crippen LogP contribution in [0.15, 0.2) is 0 Å². The quantitative estimate of drug-likeness (QED) is 0.531. The molecule has 1 saturated carbocycles. The SMILES string of the molecule is C[C@H](I)[C@]1(C)C[C@H]2CCCC[C@@H]2O1. The Bertz CT molecular complexity index is 177. The summed E-state index contributed by atoms with van der Waals surface area (Å²) >= 11 is 2.51. The van der Waals surface area contributed by atoms with Crippen LogP contribution in [-0.2, 0) is 4.74 Å². The second-order valence-corrected chi connectivity index (χ2v) is 6.70. The van der Waals surface area contributed by atoms with Gasteiger partial charge in [-0.15, -0.1) is 0 Å². The lowest BCUT2D eigenvalue weighted by molar-refractivity contribution is -0.0375. The first-order chi connectivity index (χ1) is 6.12. The lowest BCUT2D eigenvalue weighted by Gasteiger charge is -2.28. The van der Waals surface area contributed by atoms with Crippen LogP contribution in [0.4, 0.5) is 0 Å². The van der Waals surface area contributed by atoms with Gasteiger partial charge >= 0.3 is 0 Å². The van der Waals surface area contributed by atoms with Crippen LogP contribution in [0, 0.1) is 5.92 Å². The van der Waals surface area contributed by atoms with Gasteiger partial charge in [0, 0.05) is 3.92 Å². The first kappa shape index (κ1) is 10.2. The van der Waals surface area contributed by atoms with E-state index in [1.807, 2.05) is 0 Å². The number of fused-ring (bicyclic) bond motifs is 1. The molecule has 0 radical (unpaired) electrons. The molecule has 1 aliphatic heterocycles. The monoisotopic (exact) mass is 294 g/mol. The highest BCUT2D eigenvalue weighted by Crippen LogP contribution is 2.45. The maximum Gasteiger partial charge on any atom is 0.0776 e. The van der Waals surface area contributed by atoms with Crippen molar-refractivity contribution in [3.63, 3.8) is 0 Å². The number of hydrogen-bond acceptors (Lipinski definition) is 1. The van der Waals surface area contributed by atoms with Crippen LogP contribution in [0.3, 0.4) is 0 Å². The average molecular weight is 294 g/mol. The van der Waals surface area contributed by atoms with Crippen molar-refractivity contribution in [1.29, 1.82) is 0 Å². The van der Waals surface area contributed by atoms with Crippen LogP contribution < -0.4 is 0 Å². The predicted molar refractivity (Wildman–Crippen MR) is 63.3 cm³/mol. The van der Waals surface area contributed by atoms with Gasteiger partial charge in [0.05, 0.1) is 11.7 Å². The summed E-state index contributed by atoms with van der Waals surface area (Å²) in [7, 11) is 0. The first-order valence-corrected chi connectivity index (χ1v) is 6.68. The third kappa shape index (κ3) is 1.89. The van der Waals surface area contributed by atoms with Crippen LogP contribution in [0.1, 0.15) is 46.0 Å². The smallest absolute Gasteiger partial charge is 0.0776 e. The Kier molecular flexibility index (Phi) is 2.90. The fraction of sp³-hybridized carbons (Fsp3) is 1.00. The number of halogens is 1. The summed E-state index contributed by atoms with van der Waals surface area (Å²) in [6.45, 7) is 4.57. The van der Waals surface area contributed by atoms with E-state index in [2.05, 4.69) is 36.4 Å². The van der Waals surface area contributed by atoms with E-state index in [-0.39, 0.29) is 5.60 Å². The van der Waals surface area contributed by atoms with Gasteiger partial charge < -0.3 is 4.74 Å². The Balaban J connectivity index is 2.05. The Morgan fingerprint density at radius 3 is 2.69 bits per heavy atom. The van der Waals surface area contributed by atoms with Gasteiger partial charge in [-0.1, -0.05) is 42.4 Å². The van der Waals surface area contributed by atoms with Gasteiger partial charge in [-0.25, -0.2) is 0 Å². The second-order valence-electron chi connectivity index (χ2n) is 4.83. The fourth-order valence-corrected chi connectivity index (χ4v) is 3.13. The minimum absolute atomic E-state index is 0.167. The molecule has 0 spiro atoms. The number of ether oxygens (including phenoxy) is 1. The molecule has 0 aromatic carbocycles. The van der Waals surface area contributed by atoms with Gasteiger partial charge in [0.2, 0.25) is 0 Å². The largest absolute Gasteiger partial charge is 0.371 e. The van der Waals surface area contributed by atoms with Gasteiger partial charge in [0.1, 0.15) is 0 Å². The number of alkyl halides is 1. The van der Waals surface area contributed by atoms with Crippen LogP contribution in [0.2, 0.25) is 0 Å². The van der Waals surface area contributed by atoms with Crippen LogP contribution in [-0.4, -0.2) is 15.6 Å². The molecule has 0 N–H and O–H groups in total. The van der Waals surface area contributed by atoms with E-state index in [1.54, 1.807) is 0 Å². The van der Waals surface area contributed by atoms with E-state index >= 15 is 0 Å². The lowest BCUT2D eigenvalue weighted by Crippen LogP contribution is -2.33. The molecule has 0 aromatic heterocycles. The predicted octanol–water partition coefficient (Wildman–Crippen LogP) is 3.55. The number of hydrogen-bond donors (Lipinski definition) is 0. The molecule has 76 valence electrons. The molecule has 4 atom stereocenters. The molecule has 2 aliphatic rings. The highest BCUT2D eigenvalue weighted by molar-refractivity contribution is 14.1. The normalized spacial score (nSPS) is 47.3. The fourth-order valence-electron chi connectivity index (χ4n) is 2.73. The number of rotatable bonds is 1. The molecule has 0 bridgehead atoms. The minimum atomic E-state index is 0.167. The van der Waals surface area contributed by atoms with Crippen molar-refractivity contribution in [3.05, 3.63) is 0 Å². The van der Waals surface area contributed by atoms with Gasteiger partial charge in [-0.05, 0) is 32.1 Å². The van der Waals surface area contributed by atoms with Gasteiger partial charge in [0.15, 0.2) is 0 Å². The standard InChI is InChI=1S/C11H19IO/c1-8(12)11(2)7-9-5-3-4-6-10(9)13-11/h8-10H,3-7H2,1-2H3/t8-,9+,10-,11-/m0/s1. The van der Waals surface area contributed by atoms with Gasteiger partial charge in [-0.3, -0.25) is 0 Å². The van der Waals surface area contributed by atoms with Gasteiger partial charge in [-0.2, -0.15) is 0 Å². The van der Waals surface area contributed by atoms with Crippen molar-refractivity contribution in [2.75, 3.05) is 0 Å². The van der Waals surface area contributed by atoms with Gasteiger partial charge in [0.25, 0.3) is 0 Å². The van der Waals surface area contributed by atoms with Crippen molar-refractivity contribution >= 4 is 22.6 Å². The third-order valence-electron chi connectivity index (χ3n) is 3.77. The van der Waals surface area contributed by atoms with Crippen molar-refractivity contribution < 1.29 is 4.74 Å². The molecular formula is C11H19IO. The molecule has 1 saturated heterocycles. The van der Waals surface area contributed by atoms with Crippen molar-refractivity contribution in [1.82, 2.24) is 0 Å². The van der Waals surface area contributed by atoms with Crippen LogP contribution >= 0.6 is 22.6 Å². The Labute approximate surface area is 94.8 Å². The molecule has 0 unspecified atom stereocenters. The summed E-state index contributed by atoms with van der Waals surface area (Å²) < 4.78 is 6.84. The van der Waals surface area contributed by atoms with Crippen molar-refractivity contribution in [2.24, 2.45) is 5.92 Å². The lowest BCUT2D eigenvalue weighted by atomic mass is 9.83. The maximum absolute atomic E-state index is 6.21. The first-order valence-electron chi connectivity index (χ1n) is 5.44. The Morgan fingerprint density at radius 2 is 2.08 bits per heavy atom. The van der Waals surface area contributed by atoms with Crippen LogP contribution in [0.25, 0.3) is 0 Å². The summed E-state index contributed by atoms with van der Waals surface area (Å²) in [6.07, 6.45) is 7.41. The molecule has 2 rings (SSSR count). The minimum Gasteiger partial charge on any atom is -0.371 e. The summed E-state index contributed by atoms with van der Waals surface area (Å²) in [5.74, 6) is 0.871. The zero-order valence-electron chi connectivity index (χ0n) is 8.55. The molecule has 1 heterocycles. The molecule has 0 amide bonds. The average Bonchev–Trinajstić information content (AvgIpc) is 2.42. The van der Waals surface area contributed by atoms with E-state index < -0.39 is 0 Å². The third-order valence-corrected chi connectivity index (χ3v) is 5.09. The van der Waals surface area contributed by atoms with E-state index in [1.165, 1.54) is 32.1 Å². The zero-order valence-corrected chi connectivity index (χ0v) is 10.7. The molecule has 2 heteroatoms. The summed E-state index contributed by atoms with van der Waals surface area (Å²) in [4.78, 5) is 0. The molecular weight excluding hydrogens is 275 g/mol. The summed E-state index contributed by atoms with van der Waals surface area (Å²) in [5.41, 5.74) is 0.167. The van der Waals surface area contributed by atoms with E-state index in [4.69, 9.17) is 4.74 Å². The Hall–Kier alpha value is 0.690. The van der Waals surface area contributed by atoms with Crippen molar-refractivity contribution in [3.8, 4) is 0 Å². The summed E-state index contributed by atoms with van der Waals surface area (Å²) in [6, 6.07) is 0. The highest BCUT2D eigenvalue weighted by Gasteiger charge is 2.45. The molecule has 13 heavy (non-hydrogen) atoms. The maximum atomic E-state index is 6.21. The van der Waals surface area contributed by atoms with Crippen molar-refractivity contribution in [2.45, 2.75) is 61.6 Å². The molecule has 1 nitrogen and oxygen atoms in total. The molecule has 1 aliphatic carbocycles. The highest BCUT2D eigenvalue weighted by atomic mass is 127. The van der Waals surface area contributed by atoms with E-state index in [0.29, 0.717) is 10.0 Å². The van der Waals surface area contributed by atoms with E-state index in [0.717, 1.165) is 5.92 Å². The summed E-state index contributed by atoms with van der Waals surface area (Å²) in [5, 5.41) is 0. The Morgan fingerprint density at radius 1 is 1.38 bits per heavy atom. The molecule has 0 aromatic rings. The van der Waals surface area contributed by atoms with E-state index in [9.17, 15) is 0 Å². The topological polar surface area (TPSA) is 9.23 Å². The second kappa shape index (κ2) is 3.69. The van der Waals surface area contributed by atoms with Crippen LogP contribution in [0.5, 0.6) is 0 Å². The zero-order chi connectivity index (χ0) is 9.47.